The molecule has 3 rings (SSSR count). The lowest BCUT2D eigenvalue weighted by atomic mass is 10.2. The number of amides is 1. The van der Waals surface area contributed by atoms with E-state index >= 15 is 0 Å². The Bertz CT molecular complexity index is 1110. The number of carbonyl (C=O) groups excluding carboxylic acids is 2. The van der Waals surface area contributed by atoms with Crippen molar-refractivity contribution in [1.82, 2.24) is 19.7 Å². The number of aryl methyl sites for hydroxylation is 1. The minimum absolute atomic E-state index is 0.102. The molecule has 0 spiro atoms. The van der Waals surface area contributed by atoms with Gasteiger partial charge in [0.25, 0.3) is 0 Å². The number of hydrogen-bond donors (Lipinski definition) is 1. The van der Waals surface area contributed by atoms with Gasteiger partial charge in [0.1, 0.15) is 10.6 Å². The van der Waals surface area contributed by atoms with Crippen molar-refractivity contribution in [3.05, 3.63) is 47.5 Å². The molecule has 0 fully saturated rings. The van der Waals surface area contributed by atoms with Gasteiger partial charge in [0.15, 0.2) is 16.1 Å². The summed E-state index contributed by atoms with van der Waals surface area (Å²) in [5.41, 5.74) is 1.40. The molecule has 0 bridgehead atoms. The van der Waals surface area contributed by atoms with Crippen LogP contribution in [0.15, 0.2) is 42.1 Å². The van der Waals surface area contributed by atoms with E-state index in [4.69, 9.17) is 9.47 Å². The molecule has 1 aromatic carbocycles. The van der Waals surface area contributed by atoms with Crippen LogP contribution in [0, 0.1) is 6.92 Å². The highest BCUT2D eigenvalue weighted by Gasteiger charge is 2.19. The van der Waals surface area contributed by atoms with E-state index in [1.807, 2.05) is 28.8 Å². The molecule has 0 aliphatic heterocycles. The number of nitrogens with one attached hydrogen (secondary N) is 1. The van der Waals surface area contributed by atoms with Crippen molar-refractivity contribution < 1.29 is 19.1 Å². The number of benzene rings is 1. The van der Waals surface area contributed by atoms with E-state index in [1.54, 1.807) is 27.0 Å². The second kappa shape index (κ2) is 10.9. The Kier molecular flexibility index (Phi) is 8.01. The van der Waals surface area contributed by atoms with Gasteiger partial charge in [0, 0.05) is 12.1 Å². The van der Waals surface area contributed by atoms with Crippen LogP contribution in [-0.2, 0) is 16.1 Å². The van der Waals surface area contributed by atoms with Crippen molar-refractivity contribution in [1.29, 1.82) is 0 Å². The Hall–Kier alpha value is -3.18. The average Bonchev–Trinajstić information content (AvgIpc) is 3.35. The minimum atomic E-state index is -0.444. The number of carbonyl (C=O) groups is 2. The maximum atomic E-state index is 12.4. The van der Waals surface area contributed by atoms with E-state index < -0.39 is 5.97 Å². The van der Waals surface area contributed by atoms with E-state index in [1.165, 1.54) is 11.8 Å². The van der Waals surface area contributed by atoms with Crippen LogP contribution in [-0.4, -0.2) is 51.1 Å². The van der Waals surface area contributed by atoms with Crippen molar-refractivity contribution in [3.8, 4) is 17.1 Å². The van der Waals surface area contributed by atoms with Gasteiger partial charge in [-0.15, -0.1) is 16.8 Å². The largest absolute Gasteiger partial charge is 0.497 e. The zero-order chi connectivity index (χ0) is 23.1. The van der Waals surface area contributed by atoms with Gasteiger partial charge < -0.3 is 14.8 Å². The first-order chi connectivity index (χ1) is 15.5. The van der Waals surface area contributed by atoms with Crippen molar-refractivity contribution in [2.45, 2.75) is 25.5 Å². The normalized spacial score (nSPS) is 10.6. The lowest BCUT2D eigenvalue weighted by Crippen LogP contribution is -2.14. The van der Waals surface area contributed by atoms with E-state index in [9.17, 15) is 9.59 Å². The van der Waals surface area contributed by atoms with Gasteiger partial charge >= 0.3 is 5.97 Å². The molecule has 1 amide bonds. The SMILES string of the molecule is C=CCn1c(SCC(=O)Nc2nc(C)c(C(=O)OCC)s2)nnc1-c1ccc(OC)cc1. The molecular formula is C21H23N5O4S2. The van der Waals surface area contributed by atoms with Crippen LogP contribution in [0.4, 0.5) is 5.13 Å². The molecule has 0 atom stereocenters. The monoisotopic (exact) mass is 473 g/mol. The van der Waals surface area contributed by atoms with Crippen LogP contribution in [0.3, 0.4) is 0 Å². The van der Waals surface area contributed by atoms with Gasteiger partial charge in [0.05, 0.1) is 25.2 Å². The first-order valence-electron chi connectivity index (χ1n) is 9.72. The summed E-state index contributed by atoms with van der Waals surface area (Å²) in [6.45, 7) is 8.00. The maximum Gasteiger partial charge on any atom is 0.350 e. The van der Waals surface area contributed by atoms with Crippen molar-refractivity contribution >= 4 is 40.1 Å². The summed E-state index contributed by atoms with van der Waals surface area (Å²) in [6, 6.07) is 7.50. The number of thioether (sulfide) groups is 1. The molecular weight excluding hydrogens is 450 g/mol. The summed E-state index contributed by atoms with van der Waals surface area (Å²) >= 11 is 2.34. The molecule has 9 nitrogen and oxygen atoms in total. The second-order valence-corrected chi connectivity index (χ2v) is 8.37. The molecule has 2 heterocycles. The number of allylic oxidation sites excluding steroid dienone is 1. The summed E-state index contributed by atoms with van der Waals surface area (Å²) < 4.78 is 12.1. The third-order valence-corrected chi connectivity index (χ3v) is 6.23. The Morgan fingerprint density at radius 3 is 2.69 bits per heavy atom. The zero-order valence-corrected chi connectivity index (χ0v) is 19.6. The van der Waals surface area contributed by atoms with Crippen LogP contribution < -0.4 is 10.1 Å². The number of rotatable bonds is 10. The number of anilines is 1. The number of hydrogen-bond acceptors (Lipinski definition) is 9. The molecule has 0 saturated carbocycles. The first-order valence-corrected chi connectivity index (χ1v) is 11.5. The molecule has 0 saturated heterocycles. The van der Waals surface area contributed by atoms with Gasteiger partial charge in [-0.3, -0.25) is 9.36 Å². The predicted molar refractivity (Wildman–Crippen MR) is 124 cm³/mol. The van der Waals surface area contributed by atoms with E-state index in [0.717, 1.165) is 22.6 Å². The third-order valence-electron chi connectivity index (χ3n) is 4.21. The standard InChI is InChI=1S/C21H23N5O4S2/c1-5-11-26-18(14-7-9-15(29-4)10-8-14)24-25-21(26)31-12-16(27)23-20-22-13(3)17(32-20)19(28)30-6-2/h5,7-10H,1,6,11-12H2,2-4H3,(H,22,23,27). The van der Waals surface area contributed by atoms with E-state index in [2.05, 4.69) is 27.1 Å². The smallest absolute Gasteiger partial charge is 0.350 e. The first kappa shape index (κ1) is 23.5. The molecule has 0 aliphatic carbocycles. The average molecular weight is 474 g/mol. The Morgan fingerprint density at radius 2 is 2.03 bits per heavy atom. The van der Waals surface area contributed by atoms with E-state index in [-0.39, 0.29) is 18.3 Å². The Balaban J connectivity index is 1.68. The highest BCUT2D eigenvalue weighted by molar-refractivity contribution is 7.99. The quantitative estimate of drug-likeness (QED) is 0.269. The number of esters is 1. The van der Waals surface area contributed by atoms with Crippen LogP contribution in [0.25, 0.3) is 11.4 Å². The van der Waals surface area contributed by atoms with Gasteiger partial charge in [-0.2, -0.15) is 0 Å². The maximum absolute atomic E-state index is 12.4. The van der Waals surface area contributed by atoms with Gasteiger partial charge in [0.2, 0.25) is 5.91 Å². The molecule has 11 heteroatoms. The number of methoxy groups -OCH3 is 1. The number of thiazole rings is 1. The fourth-order valence-electron chi connectivity index (χ4n) is 2.76. The minimum Gasteiger partial charge on any atom is -0.497 e. The number of nitrogens with zero attached hydrogens (tertiary/aromatic N) is 4. The molecule has 0 radical (unpaired) electrons. The van der Waals surface area contributed by atoms with Crippen molar-refractivity contribution in [3.63, 3.8) is 0 Å². The van der Waals surface area contributed by atoms with Crippen LogP contribution >= 0.6 is 23.1 Å². The van der Waals surface area contributed by atoms with Gasteiger partial charge in [-0.1, -0.05) is 29.2 Å². The van der Waals surface area contributed by atoms with Crippen LogP contribution in [0.1, 0.15) is 22.3 Å². The molecule has 32 heavy (non-hydrogen) atoms. The second-order valence-electron chi connectivity index (χ2n) is 6.42. The summed E-state index contributed by atoms with van der Waals surface area (Å²) in [4.78, 5) is 29.0. The number of aromatic nitrogens is 4. The van der Waals surface area contributed by atoms with Crippen LogP contribution in [0.5, 0.6) is 5.75 Å². The zero-order valence-electron chi connectivity index (χ0n) is 18.0. The van der Waals surface area contributed by atoms with Gasteiger partial charge in [-0.25, -0.2) is 9.78 Å². The highest BCUT2D eigenvalue weighted by atomic mass is 32.2. The van der Waals surface area contributed by atoms with Gasteiger partial charge in [-0.05, 0) is 38.1 Å². The molecule has 0 aliphatic rings. The molecule has 168 valence electrons. The molecule has 0 unspecified atom stereocenters. The fraction of sp³-hybridized carbons (Fsp3) is 0.286. The topological polar surface area (TPSA) is 108 Å². The Labute approximate surface area is 193 Å². The summed E-state index contributed by atoms with van der Waals surface area (Å²) in [5.74, 6) is 0.813. The van der Waals surface area contributed by atoms with Crippen molar-refractivity contribution in [2.24, 2.45) is 0 Å². The molecule has 1 N–H and O–H groups in total. The predicted octanol–water partition coefficient (Wildman–Crippen LogP) is 3.81. The lowest BCUT2D eigenvalue weighted by molar-refractivity contribution is -0.113. The van der Waals surface area contributed by atoms with Crippen LogP contribution in [0.2, 0.25) is 0 Å². The van der Waals surface area contributed by atoms with E-state index in [0.29, 0.717) is 33.2 Å². The summed E-state index contributed by atoms with van der Waals surface area (Å²) in [7, 11) is 1.61. The Morgan fingerprint density at radius 1 is 1.28 bits per heavy atom. The molecule has 3 aromatic rings. The van der Waals surface area contributed by atoms with Crippen molar-refractivity contribution in [2.75, 3.05) is 24.8 Å². The molecule has 2 aromatic heterocycles. The highest BCUT2D eigenvalue weighted by Crippen LogP contribution is 2.27. The summed E-state index contributed by atoms with van der Waals surface area (Å²) in [6.07, 6.45) is 1.75. The summed E-state index contributed by atoms with van der Waals surface area (Å²) in [5, 5.41) is 12.2. The number of ether oxygens (including phenoxy) is 2. The third kappa shape index (κ3) is 5.54. The fourth-order valence-corrected chi connectivity index (χ4v) is 4.39. The lowest BCUT2D eigenvalue weighted by Gasteiger charge is -2.08.